The summed E-state index contributed by atoms with van der Waals surface area (Å²) in [6, 6.07) is 15.2. The number of ether oxygens (including phenoxy) is 2. The number of carbonyl (C=O) groups excluding carboxylic acids is 2. The fourth-order valence-electron chi connectivity index (χ4n) is 3.85. The molecule has 2 aromatic carbocycles. The van der Waals surface area contributed by atoms with E-state index in [1.165, 1.54) is 0 Å². The lowest BCUT2D eigenvalue weighted by molar-refractivity contribution is -0.140. The van der Waals surface area contributed by atoms with Gasteiger partial charge in [0.25, 0.3) is 0 Å². The van der Waals surface area contributed by atoms with Crippen molar-refractivity contribution in [1.29, 1.82) is 0 Å². The molecule has 1 fully saturated rings. The fraction of sp³-hybridized carbons (Fsp3) is 0.417. The first-order valence-electron chi connectivity index (χ1n) is 10.3. The van der Waals surface area contributed by atoms with Gasteiger partial charge >= 0.3 is 0 Å². The molecule has 6 nitrogen and oxygen atoms in total. The summed E-state index contributed by atoms with van der Waals surface area (Å²) in [5.41, 5.74) is 1.33. The van der Waals surface area contributed by atoms with E-state index in [9.17, 15) is 9.59 Å². The van der Waals surface area contributed by atoms with Gasteiger partial charge in [-0.1, -0.05) is 24.3 Å². The molecule has 1 aliphatic rings. The summed E-state index contributed by atoms with van der Waals surface area (Å²) >= 11 is 0. The maximum Gasteiger partial charge on any atom is 0.227 e. The number of carbonyl (C=O) groups is 2. The highest BCUT2D eigenvalue weighted by molar-refractivity contribution is 5.84. The van der Waals surface area contributed by atoms with E-state index in [0.29, 0.717) is 26.1 Å². The first-order valence-corrected chi connectivity index (χ1v) is 10.3. The molecular formula is C24H30N2O4. The van der Waals surface area contributed by atoms with Crippen molar-refractivity contribution >= 4 is 11.8 Å². The average molecular weight is 411 g/mol. The number of nitrogens with one attached hydrogen (secondary N) is 1. The summed E-state index contributed by atoms with van der Waals surface area (Å²) in [5.74, 6) is 1.56. The highest BCUT2D eigenvalue weighted by atomic mass is 16.5. The van der Waals surface area contributed by atoms with Gasteiger partial charge < -0.3 is 19.7 Å². The third-order valence-corrected chi connectivity index (χ3v) is 5.70. The number of hydrogen-bond acceptors (Lipinski definition) is 4. The van der Waals surface area contributed by atoms with Crippen LogP contribution in [0.3, 0.4) is 0 Å². The van der Waals surface area contributed by atoms with Gasteiger partial charge in [0.1, 0.15) is 11.5 Å². The monoisotopic (exact) mass is 410 g/mol. The van der Waals surface area contributed by atoms with Crippen LogP contribution in [0.5, 0.6) is 11.5 Å². The van der Waals surface area contributed by atoms with Gasteiger partial charge in [0, 0.05) is 19.6 Å². The first kappa shape index (κ1) is 21.7. The molecule has 2 amide bonds. The Morgan fingerprint density at radius 2 is 1.77 bits per heavy atom. The zero-order valence-electron chi connectivity index (χ0n) is 17.9. The van der Waals surface area contributed by atoms with E-state index in [1.54, 1.807) is 14.2 Å². The Balaban J connectivity index is 1.58. The van der Waals surface area contributed by atoms with Crippen LogP contribution in [0.15, 0.2) is 48.5 Å². The number of likely N-dealkylation sites (tertiary alicyclic amines) is 1. The number of benzene rings is 2. The second-order valence-electron chi connectivity index (χ2n) is 8.04. The Bertz CT molecular complexity index is 881. The summed E-state index contributed by atoms with van der Waals surface area (Å²) < 4.78 is 10.4. The van der Waals surface area contributed by atoms with Crippen LogP contribution in [0, 0.1) is 5.41 Å². The smallest absolute Gasteiger partial charge is 0.227 e. The summed E-state index contributed by atoms with van der Waals surface area (Å²) in [5, 5.41) is 3.04. The van der Waals surface area contributed by atoms with Crippen LogP contribution in [0.4, 0.5) is 0 Å². The van der Waals surface area contributed by atoms with E-state index in [2.05, 4.69) is 5.32 Å². The number of methoxy groups -OCH3 is 2. The Hall–Kier alpha value is -3.02. The van der Waals surface area contributed by atoms with Crippen LogP contribution < -0.4 is 14.8 Å². The molecular weight excluding hydrogens is 380 g/mol. The summed E-state index contributed by atoms with van der Waals surface area (Å²) in [4.78, 5) is 27.6. The zero-order chi connectivity index (χ0) is 21.6. The van der Waals surface area contributed by atoms with E-state index in [4.69, 9.17) is 9.47 Å². The standard InChI is InChI=1S/C24H30N2O4/c1-24(23(28)25-16-19-6-4-7-21(14-19)30-3)12-5-13-26(17-24)22(27)15-18-8-10-20(29-2)11-9-18/h4,6-11,14H,5,12-13,15-17H2,1-3H3,(H,25,28). The number of piperidine rings is 1. The third-order valence-electron chi connectivity index (χ3n) is 5.70. The molecule has 2 aromatic rings. The Kier molecular flexibility index (Phi) is 6.98. The normalized spacial score (nSPS) is 18.6. The van der Waals surface area contributed by atoms with Gasteiger partial charge in [-0.3, -0.25) is 9.59 Å². The molecule has 1 unspecified atom stereocenters. The van der Waals surface area contributed by atoms with Gasteiger partial charge in [-0.2, -0.15) is 0 Å². The Morgan fingerprint density at radius 3 is 2.47 bits per heavy atom. The van der Waals surface area contributed by atoms with Crippen molar-refractivity contribution in [1.82, 2.24) is 10.2 Å². The highest BCUT2D eigenvalue weighted by Crippen LogP contribution is 2.30. The zero-order valence-corrected chi connectivity index (χ0v) is 17.9. The van der Waals surface area contributed by atoms with Gasteiger partial charge in [-0.15, -0.1) is 0 Å². The predicted octanol–water partition coefficient (Wildman–Crippen LogP) is 3.19. The SMILES string of the molecule is COc1ccc(CC(=O)N2CCCC(C)(C(=O)NCc3cccc(OC)c3)C2)cc1. The van der Waals surface area contributed by atoms with Crippen molar-refractivity contribution in [2.24, 2.45) is 5.41 Å². The summed E-state index contributed by atoms with van der Waals surface area (Å²) in [6.07, 6.45) is 1.91. The molecule has 0 bridgehead atoms. The lowest BCUT2D eigenvalue weighted by atomic mass is 9.80. The molecule has 0 aliphatic carbocycles. The Morgan fingerprint density at radius 1 is 1.03 bits per heavy atom. The van der Waals surface area contributed by atoms with Gasteiger partial charge in [-0.25, -0.2) is 0 Å². The van der Waals surface area contributed by atoms with Gasteiger partial charge in [0.2, 0.25) is 11.8 Å². The molecule has 0 aromatic heterocycles. The molecule has 1 aliphatic heterocycles. The molecule has 6 heteroatoms. The van der Waals surface area contributed by atoms with Crippen LogP contribution >= 0.6 is 0 Å². The van der Waals surface area contributed by atoms with E-state index in [1.807, 2.05) is 60.4 Å². The van der Waals surface area contributed by atoms with E-state index >= 15 is 0 Å². The third kappa shape index (κ3) is 5.32. The number of amides is 2. The van der Waals surface area contributed by atoms with Gasteiger partial charge in [0.15, 0.2) is 0 Å². The predicted molar refractivity (Wildman–Crippen MR) is 115 cm³/mol. The van der Waals surface area contributed by atoms with Crippen LogP contribution in [0.1, 0.15) is 30.9 Å². The molecule has 1 saturated heterocycles. The minimum absolute atomic E-state index is 0.0210. The van der Waals surface area contributed by atoms with Crippen LogP contribution in [0.25, 0.3) is 0 Å². The molecule has 0 saturated carbocycles. The number of hydrogen-bond donors (Lipinski definition) is 1. The van der Waals surface area contributed by atoms with Crippen molar-refractivity contribution in [3.63, 3.8) is 0 Å². The number of nitrogens with zero attached hydrogens (tertiary/aromatic N) is 1. The van der Waals surface area contributed by atoms with E-state index in [0.717, 1.165) is 35.5 Å². The highest BCUT2D eigenvalue weighted by Gasteiger charge is 2.39. The van der Waals surface area contributed by atoms with Gasteiger partial charge in [0.05, 0.1) is 26.1 Å². The van der Waals surface area contributed by atoms with Crippen molar-refractivity contribution in [3.8, 4) is 11.5 Å². The Labute approximate surface area is 178 Å². The van der Waals surface area contributed by atoms with E-state index < -0.39 is 5.41 Å². The van der Waals surface area contributed by atoms with Crippen LogP contribution in [-0.2, 0) is 22.6 Å². The largest absolute Gasteiger partial charge is 0.497 e. The second-order valence-corrected chi connectivity index (χ2v) is 8.04. The molecule has 0 radical (unpaired) electrons. The lowest BCUT2D eigenvalue weighted by Crippen LogP contribution is -2.52. The first-order chi connectivity index (χ1) is 14.4. The molecule has 0 spiro atoms. The summed E-state index contributed by atoms with van der Waals surface area (Å²) in [7, 11) is 3.24. The lowest BCUT2D eigenvalue weighted by Gasteiger charge is -2.39. The second kappa shape index (κ2) is 9.65. The van der Waals surface area contributed by atoms with Gasteiger partial charge in [-0.05, 0) is 55.2 Å². The quantitative estimate of drug-likeness (QED) is 0.761. The molecule has 1 heterocycles. The molecule has 3 rings (SSSR count). The molecule has 1 atom stereocenters. The minimum atomic E-state index is -0.591. The topological polar surface area (TPSA) is 67.9 Å². The van der Waals surface area contributed by atoms with Crippen LogP contribution in [-0.4, -0.2) is 44.0 Å². The van der Waals surface area contributed by atoms with Crippen LogP contribution in [0.2, 0.25) is 0 Å². The van der Waals surface area contributed by atoms with Crippen molar-refractivity contribution in [2.45, 2.75) is 32.7 Å². The minimum Gasteiger partial charge on any atom is -0.497 e. The van der Waals surface area contributed by atoms with Crippen molar-refractivity contribution < 1.29 is 19.1 Å². The average Bonchev–Trinajstić information content (AvgIpc) is 2.78. The maximum atomic E-state index is 13.0. The van der Waals surface area contributed by atoms with E-state index in [-0.39, 0.29) is 11.8 Å². The number of rotatable bonds is 7. The van der Waals surface area contributed by atoms with Crippen molar-refractivity contribution in [3.05, 3.63) is 59.7 Å². The maximum absolute atomic E-state index is 13.0. The fourth-order valence-corrected chi connectivity index (χ4v) is 3.85. The summed E-state index contributed by atoms with van der Waals surface area (Å²) in [6.45, 7) is 3.51. The molecule has 30 heavy (non-hydrogen) atoms. The molecule has 1 N–H and O–H groups in total. The molecule has 160 valence electrons. The van der Waals surface area contributed by atoms with Crippen molar-refractivity contribution in [2.75, 3.05) is 27.3 Å².